The van der Waals surface area contributed by atoms with Gasteiger partial charge in [-0.05, 0) is 87.5 Å². The summed E-state index contributed by atoms with van der Waals surface area (Å²) in [7, 11) is -2.67. The molecule has 0 atom stereocenters. The highest BCUT2D eigenvalue weighted by molar-refractivity contribution is 7.92. The molecule has 218 valence electrons. The summed E-state index contributed by atoms with van der Waals surface area (Å²) in [6, 6.07) is 22.2. The molecule has 0 aliphatic rings. The summed E-state index contributed by atoms with van der Waals surface area (Å²) in [4.78, 5) is 24.3. The minimum atomic E-state index is -4.17. The third-order valence-corrected chi connectivity index (χ3v) is 8.35. The zero-order valence-corrected chi connectivity index (χ0v) is 24.9. The number of hydrogen-bond acceptors (Lipinski definition) is 6. The van der Waals surface area contributed by atoms with Gasteiger partial charge in [0.15, 0.2) is 0 Å². The van der Waals surface area contributed by atoms with Gasteiger partial charge in [0.05, 0.1) is 23.9 Å². The van der Waals surface area contributed by atoms with E-state index in [4.69, 9.17) is 4.74 Å². The van der Waals surface area contributed by atoms with E-state index < -0.39 is 22.5 Å². The van der Waals surface area contributed by atoms with Gasteiger partial charge in [-0.15, -0.1) is 0 Å². The first-order valence-corrected chi connectivity index (χ1v) is 14.6. The van der Waals surface area contributed by atoms with Crippen molar-refractivity contribution >= 4 is 39.4 Å². The van der Waals surface area contributed by atoms with Crippen molar-refractivity contribution in [3.05, 3.63) is 101 Å². The van der Waals surface area contributed by atoms with Gasteiger partial charge >= 0.3 is 0 Å². The van der Waals surface area contributed by atoms with Crippen LogP contribution in [0.25, 0.3) is 5.69 Å². The van der Waals surface area contributed by atoms with Gasteiger partial charge in [0, 0.05) is 35.2 Å². The molecule has 1 aromatic heterocycles. The number of nitrogens with one attached hydrogen (secondary N) is 2. The van der Waals surface area contributed by atoms with Gasteiger partial charge < -0.3 is 14.6 Å². The summed E-state index contributed by atoms with van der Waals surface area (Å²) in [5.41, 5.74) is 8.12. The monoisotopic (exact) mass is 587 g/mol. The van der Waals surface area contributed by atoms with E-state index in [1.165, 1.54) is 50.1 Å². The molecule has 4 aromatic rings. The highest BCUT2D eigenvalue weighted by Crippen LogP contribution is 2.27. The Labute approximate surface area is 245 Å². The molecule has 0 aliphatic heterocycles. The summed E-state index contributed by atoms with van der Waals surface area (Å²) in [5, 5.41) is 6.72. The van der Waals surface area contributed by atoms with Crippen LogP contribution in [-0.4, -0.2) is 44.7 Å². The summed E-state index contributed by atoms with van der Waals surface area (Å²) in [6.07, 6.45) is 1.54. The zero-order valence-electron chi connectivity index (χ0n) is 24.1. The Balaban J connectivity index is 1.55. The molecule has 42 heavy (non-hydrogen) atoms. The lowest BCUT2D eigenvalue weighted by Gasteiger charge is -2.24. The second-order valence-corrected chi connectivity index (χ2v) is 11.6. The molecular formula is C31H33N5O5S. The number of benzene rings is 3. The molecule has 0 fully saturated rings. The van der Waals surface area contributed by atoms with Crippen LogP contribution in [0.3, 0.4) is 0 Å². The predicted octanol–water partition coefficient (Wildman–Crippen LogP) is 4.72. The first-order valence-electron chi connectivity index (χ1n) is 13.1. The molecule has 0 aliphatic carbocycles. The SMILES string of the molecule is COc1ccc(N(CC(=O)N/N=C/c2cc(C)n(-c3ccc(C)cc3)c2C)S(=O)(=O)c2ccc(NC(C)=O)cc2)cc1. The van der Waals surface area contributed by atoms with E-state index >= 15 is 0 Å². The minimum absolute atomic E-state index is 0.0488. The number of anilines is 2. The van der Waals surface area contributed by atoms with Gasteiger partial charge in [-0.1, -0.05) is 17.7 Å². The lowest BCUT2D eigenvalue weighted by atomic mass is 10.2. The lowest BCUT2D eigenvalue weighted by molar-refractivity contribution is -0.119. The Kier molecular flexibility index (Phi) is 9.12. The maximum atomic E-state index is 13.7. The van der Waals surface area contributed by atoms with Gasteiger partial charge in [-0.3, -0.25) is 13.9 Å². The first kappa shape index (κ1) is 30.1. The molecule has 10 nitrogen and oxygen atoms in total. The van der Waals surface area contributed by atoms with Crippen molar-refractivity contribution in [1.29, 1.82) is 0 Å². The number of carbonyl (C=O) groups is 2. The predicted molar refractivity (Wildman–Crippen MR) is 164 cm³/mol. The number of hydrazone groups is 1. The number of ether oxygens (including phenoxy) is 1. The van der Waals surface area contributed by atoms with Crippen LogP contribution in [0.5, 0.6) is 5.75 Å². The smallest absolute Gasteiger partial charge is 0.264 e. The van der Waals surface area contributed by atoms with Crippen LogP contribution >= 0.6 is 0 Å². The lowest BCUT2D eigenvalue weighted by Crippen LogP contribution is -2.39. The van der Waals surface area contributed by atoms with Crippen molar-refractivity contribution in [3.63, 3.8) is 0 Å². The Hall–Kier alpha value is -4.90. The molecule has 0 bridgehead atoms. The van der Waals surface area contributed by atoms with Gasteiger partial charge in [-0.25, -0.2) is 13.8 Å². The molecule has 0 spiro atoms. The van der Waals surface area contributed by atoms with E-state index in [0.29, 0.717) is 11.4 Å². The van der Waals surface area contributed by atoms with Crippen molar-refractivity contribution < 1.29 is 22.7 Å². The normalized spacial score (nSPS) is 11.4. The molecule has 2 amide bonds. The highest BCUT2D eigenvalue weighted by Gasteiger charge is 2.27. The van der Waals surface area contributed by atoms with Gasteiger partial charge in [-0.2, -0.15) is 5.10 Å². The molecule has 11 heteroatoms. The Bertz CT molecular complexity index is 1710. The fourth-order valence-electron chi connectivity index (χ4n) is 4.45. The second-order valence-electron chi connectivity index (χ2n) is 9.71. The summed E-state index contributed by atoms with van der Waals surface area (Å²) in [6.45, 7) is 6.82. The van der Waals surface area contributed by atoms with E-state index in [1.807, 2.05) is 51.1 Å². The van der Waals surface area contributed by atoms with Crippen LogP contribution in [0.15, 0.2) is 88.9 Å². The van der Waals surface area contributed by atoms with Gasteiger partial charge in [0.2, 0.25) is 5.91 Å². The fraction of sp³-hybridized carbons (Fsp3) is 0.194. The number of aryl methyl sites for hydroxylation is 2. The number of carbonyl (C=O) groups excluding carboxylic acids is 2. The molecule has 0 saturated carbocycles. The van der Waals surface area contributed by atoms with Crippen LogP contribution in [-0.2, 0) is 19.6 Å². The third-order valence-electron chi connectivity index (χ3n) is 6.57. The Morgan fingerprint density at radius 2 is 1.60 bits per heavy atom. The van der Waals surface area contributed by atoms with Crippen molar-refractivity contribution in [2.24, 2.45) is 5.10 Å². The van der Waals surface area contributed by atoms with Crippen LogP contribution in [0.2, 0.25) is 0 Å². The van der Waals surface area contributed by atoms with Crippen LogP contribution < -0.4 is 19.8 Å². The number of nitrogens with zero attached hydrogens (tertiary/aromatic N) is 3. The summed E-state index contributed by atoms with van der Waals surface area (Å²) >= 11 is 0. The van der Waals surface area contributed by atoms with E-state index in [-0.39, 0.29) is 16.5 Å². The van der Waals surface area contributed by atoms with E-state index in [9.17, 15) is 18.0 Å². The molecule has 2 N–H and O–H groups in total. The van der Waals surface area contributed by atoms with Gasteiger partial charge in [0.25, 0.3) is 15.9 Å². The maximum absolute atomic E-state index is 13.7. The van der Waals surface area contributed by atoms with Crippen molar-refractivity contribution in [1.82, 2.24) is 9.99 Å². The first-order chi connectivity index (χ1) is 20.0. The minimum Gasteiger partial charge on any atom is -0.497 e. The fourth-order valence-corrected chi connectivity index (χ4v) is 5.87. The zero-order chi connectivity index (χ0) is 30.4. The molecule has 4 rings (SSSR count). The molecular weight excluding hydrogens is 554 g/mol. The average Bonchev–Trinajstić information content (AvgIpc) is 3.24. The second kappa shape index (κ2) is 12.7. The van der Waals surface area contributed by atoms with Crippen LogP contribution in [0.1, 0.15) is 29.4 Å². The van der Waals surface area contributed by atoms with E-state index in [0.717, 1.165) is 26.9 Å². The summed E-state index contributed by atoms with van der Waals surface area (Å²) < 4.78 is 35.6. The number of sulfonamides is 1. The van der Waals surface area contributed by atoms with Crippen molar-refractivity contribution in [3.8, 4) is 11.4 Å². The van der Waals surface area contributed by atoms with Gasteiger partial charge in [0.1, 0.15) is 12.3 Å². The van der Waals surface area contributed by atoms with Crippen molar-refractivity contribution in [2.75, 3.05) is 23.3 Å². The molecule has 3 aromatic carbocycles. The molecule has 1 heterocycles. The number of amides is 2. The Morgan fingerprint density at radius 3 is 2.19 bits per heavy atom. The Morgan fingerprint density at radius 1 is 0.952 bits per heavy atom. The number of aromatic nitrogens is 1. The molecule has 0 saturated heterocycles. The number of hydrogen-bond donors (Lipinski definition) is 2. The average molecular weight is 588 g/mol. The van der Waals surface area contributed by atoms with E-state index in [2.05, 4.69) is 20.4 Å². The standard InChI is InChI=1S/C31H33N5O5S/c1-21-6-10-28(11-7-21)36-22(2)18-25(23(36)3)19-32-34-31(38)20-35(27-12-14-29(41-5)15-13-27)42(39,40)30-16-8-26(9-17-30)33-24(4)37/h6-19H,20H2,1-5H3,(H,33,37)(H,34,38)/b32-19+. The third kappa shape index (κ3) is 6.87. The number of rotatable bonds is 10. The quantitative estimate of drug-likeness (QED) is 0.206. The highest BCUT2D eigenvalue weighted by atomic mass is 32.2. The molecule has 0 radical (unpaired) electrons. The van der Waals surface area contributed by atoms with E-state index in [1.54, 1.807) is 24.3 Å². The molecule has 0 unspecified atom stereocenters. The van der Waals surface area contributed by atoms with Crippen molar-refractivity contribution in [2.45, 2.75) is 32.6 Å². The summed E-state index contributed by atoms with van der Waals surface area (Å²) in [5.74, 6) is -0.374. The topological polar surface area (TPSA) is 122 Å². The largest absolute Gasteiger partial charge is 0.497 e. The number of methoxy groups -OCH3 is 1. The van der Waals surface area contributed by atoms with Crippen LogP contribution in [0.4, 0.5) is 11.4 Å². The van der Waals surface area contributed by atoms with Crippen LogP contribution in [0, 0.1) is 20.8 Å². The maximum Gasteiger partial charge on any atom is 0.264 e.